The smallest absolute Gasteiger partial charge is 0.144 e. The van der Waals surface area contributed by atoms with Gasteiger partial charge in [0.2, 0.25) is 0 Å². The van der Waals surface area contributed by atoms with E-state index in [1.165, 1.54) is 12.1 Å². The van der Waals surface area contributed by atoms with Crippen molar-refractivity contribution >= 4 is 33.0 Å². The van der Waals surface area contributed by atoms with Crippen molar-refractivity contribution in [2.75, 3.05) is 0 Å². The Hall–Kier alpha value is -0.390. The molecular weight excluding hydrogens is 305 g/mol. The van der Waals surface area contributed by atoms with Gasteiger partial charge in [-0.3, -0.25) is 0 Å². The molecule has 1 aromatic carbocycles. The fourth-order valence-corrected chi connectivity index (χ4v) is 2.35. The zero-order chi connectivity index (χ0) is 13.2. The lowest BCUT2D eigenvalue weighted by atomic mass is 10.1. The minimum Gasteiger partial charge on any atom is -0.591 e. The Bertz CT molecular complexity index is 443. The summed E-state index contributed by atoms with van der Waals surface area (Å²) < 4.78 is 29.2. The summed E-state index contributed by atoms with van der Waals surface area (Å²) in [5, 5.41) is 0. The molecule has 0 spiro atoms. The molecule has 0 aliphatic rings. The molecule has 0 aromatic heterocycles. The lowest BCUT2D eigenvalue weighted by Gasteiger charge is -2.19. The topological polar surface area (TPSA) is 35.4 Å². The van der Waals surface area contributed by atoms with E-state index in [-0.39, 0.29) is 5.82 Å². The van der Waals surface area contributed by atoms with E-state index in [9.17, 15) is 8.94 Å². The first kappa shape index (κ1) is 14.7. The summed E-state index contributed by atoms with van der Waals surface area (Å²) in [5.41, 5.74) is 1.38. The molecule has 1 rings (SSSR count). The van der Waals surface area contributed by atoms with Crippen molar-refractivity contribution in [3.8, 4) is 0 Å². The van der Waals surface area contributed by atoms with E-state index in [0.29, 0.717) is 10.2 Å². The van der Waals surface area contributed by atoms with Crippen LogP contribution in [0.1, 0.15) is 33.3 Å². The zero-order valence-electron chi connectivity index (χ0n) is 10.3. The van der Waals surface area contributed by atoms with Crippen molar-refractivity contribution in [3.05, 3.63) is 34.1 Å². The van der Waals surface area contributed by atoms with Crippen LogP contribution in [0.25, 0.3) is 0 Å². The van der Waals surface area contributed by atoms with Gasteiger partial charge in [-0.05, 0) is 45.9 Å². The Balaban J connectivity index is 3.04. The number of hydrogen-bond acceptors (Lipinski definition) is 2. The molecule has 0 amide bonds. The summed E-state index contributed by atoms with van der Waals surface area (Å²) in [4.78, 5) is 0. The molecule has 1 atom stereocenters. The Morgan fingerprint density at radius 1 is 1.41 bits per heavy atom. The normalized spacial score (nSPS) is 14.9. The second-order valence-corrected chi connectivity index (χ2v) is 7.42. The molecule has 17 heavy (non-hydrogen) atoms. The van der Waals surface area contributed by atoms with Crippen molar-refractivity contribution in [2.45, 2.75) is 32.4 Å². The minimum atomic E-state index is -1.31. The van der Waals surface area contributed by atoms with Crippen LogP contribution >= 0.6 is 15.9 Å². The quantitative estimate of drug-likeness (QED) is 0.602. The summed E-state index contributed by atoms with van der Waals surface area (Å²) in [6.45, 7) is 7.35. The van der Waals surface area contributed by atoms with Crippen LogP contribution in [0.3, 0.4) is 0 Å². The summed E-state index contributed by atoms with van der Waals surface area (Å²) >= 11 is 1.96. The molecule has 1 aromatic rings. The van der Waals surface area contributed by atoms with Crippen molar-refractivity contribution in [3.63, 3.8) is 0 Å². The zero-order valence-corrected chi connectivity index (χ0v) is 12.7. The first-order chi connectivity index (χ1) is 7.71. The average Bonchev–Trinajstić information content (AvgIpc) is 2.15. The highest BCUT2D eigenvalue weighted by Gasteiger charge is 2.27. The largest absolute Gasteiger partial charge is 0.591 e. The number of rotatable bonds is 2. The molecule has 0 aliphatic carbocycles. The van der Waals surface area contributed by atoms with Gasteiger partial charge in [-0.2, -0.15) is 0 Å². The lowest BCUT2D eigenvalue weighted by molar-refractivity contribution is 0.561. The lowest BCUT2D eigenvalue weighted by Crippen LogP contribution is -2.26. The van der Waals surface area contributed by atoms with Gasteiger partial charge in [0, 0.05) is 10.0 Å². The highest BCUT2D eigenvalue weighted by Crippen LogP contribution is 2.22. The second kappa shape index (κ2) is 5.50. The second-order valence-electron chi connectivity index (χ2n) is 4.66. The standard InChI is InChI=1S/C12H15BrFNOS/c1-8(15-17(16)12(2,3)4)10-6-5-9(14)7-11(10)13/h5-7H,1-4H3/b15-8+. The monoisotopic (exact) mass is 319 g/mol. The first-order valence-electron chi connectivity index (χ1n) is 5.14. The Labute approximate surface area is 113 Å². The van der Waals surface area contributed by atoms with E-state index >= 15 is 0 Å². The van der Waals surface area contributed by atoms with Crippen molar-refractivity contribution < 1.29 is 8.94 Å². The Morgan fingerprint density at radius 2 is 2.00 bits per heavy atom. The van der Waals surface area contributed by atoms with E-state index in [1.807, 2.05) is 20.8 Å². The van der Waals surface area contributed by atoms with Crippen LogP contribution in [0.15, 0.2) is 27.1 Å². The van der Waals surface area contributed by atoms with Gasteiger partial charge in [-0.15, -0.1) is 0 Å². The number of halogens is 2. The summed E-state index contributed by atoms with van der Waals surface area (Å²) in [6, 6.07) is 4.35. The molecule has 0 saturated heterocycles. The van der Waals surface area contributed by atoms with Crippen LogP contribution < -0.4 is 0 Å². The number of benzene rings is 1. The fourth-order valence-electron chi connectivity index (χ4n) is 1.09. The van der Waals surface area contributed by atoms with E-state index in [4.69, 9.17) is 0 Å². The number of nitrogens with zero attached hydrogens (tertiary/aromatic N) is 1. The molecule has 0 aliphatic heterocycles. The van der Waals surface area contributed by atoms with Gasteiger partial charge in [0.15, 0.2) is 0 Å². The number of hydrogen-bond donors (Lipinski definition) is 0. The molecule has 0 bridgehead atoms. The van der Waals surface area contributed by atoms with Crippen LogP contribution in [0.5, 0.6) is 0 Å². The van der Waals surface area contributed by atoms with Crippen molar-refractivity contribution in [1.82, 2.24) is 0 Å². The van der Waals surface area contributed by atoms with Gasteiger partial charge in [-0.1, -0.05) is 20.3 Å². The van der Waals surface area contributed by atoms with Gasteiger partial charge in [0.05, 0.1) is 5.71 Å². The molecule has 2 nitrogen and oxygen atoms in total. The van der Waals surface area contributed by atoms with Gasteiger partial charge in [0.25, 0.3) is 0 Å². The third-order valence-electron chi connectivity index (χ3n) is 2.06. The predicted molar refractivity (Wildman–Crippen MR) is 74.2 cm³/mol. The van der Waals surface area contributed by atoms with Crippen molar-refractivity contribution in [2.24, 2.45) is 4.40 Å². The SMILES string of the molecule is C/C(=N\[S+]([O-])C(C)(C)C)c1ccc(F)cc1Br. The van der Waals surface area contributed by atoms with Gasteiger partial charge in [0.1, 0.15) is 21.9 Å². The molecule has 0 saturated carbocycles. The van der Waals surface area contributed by atoms with Crippen LogP contribution in [0, 0.1) is 5.82 Å². The molecule has 5 heteroatoms. The van der Waals surface area contributed by atoms with E-state index in [1.54, 1.807) is 13.0 Å². The maximum atomic E-state index is 12.9. The third-order valence-corrected chi connectivity index (χ3v) is 4.21. The molecule has 0 heterocycles. The summed E-state index contributed by atoms with van der Waals surface area (Å²) in [6.07, 6.45) is 0. The van der Waals surface area contributed by atoms with Crippen LogP contribution in [-0.4, -0.2) is 15.0 Å². The first-order valence-corrected chi connectivity index (χ1v) is 7.04. The molecular formula is C12H15BrFNOS. The average molecular weight is 320 g/mol. The van der Waals surface area contributed by atoms with Crippen molar-refractivity contribution in [1.29, 1.82) is 0 Å². The van der Waals surface area contributed by atoms with Gasteiger partial charge >= 0.3 is 0 Å². The third kappa shape index (κ3) is 4.08. The Morgan fingerprint density at radius 3 is 2.47 bits per heavy atom. The van der Waals surface area contributed by atoms with Crippen LogP contribution in [0.2, 0.25) is 0 Å². The molecule has 0 N–H and O–H groups in total. The molecule has 0 radical (unpaired) electrons. The Kier molecular flexibility index (Phi) is 4.75. The summed E-state index contributed by atoms with van der Waals surface area (Å²) in [7, 11) is 0. The summed E-state index contributed by atoms with van der Waals surface area (Å²) in [5.74, 6) is -0.314. The molecule has 94 valence electrons. The predicted octanol–water partition coefficient (Wildman–Crippen LogP) is 3.86. The fraction of sp³-hybridized carbons (Fsp3) is 0.417. The highest BCUT2D eigenvalue weighted by atomic mass is 79.9. The van der Waals surface area contributed by atoms with E-state index in [0.717, 1.165) is 5.56 Å². The van der Waals surface area contributed by atoms with Crippen LogP contribution in [0.4, 0.5) is 4.39 Å². The maximum absolute atomic E-state index is 12.9. The molecule has 0 fully saturated rings. The van der Waals surface area contributed by atoms with Gasteiger partial charge < -0.3 is 4.55 Å². The van der Waals surface area contributed by atoms with Gasteiger partial charge in [-0.25, -0.2) is 4.39 Å². The molecule has 1 unspecified atom stereocenters. The minimum absolute atomic E-state index is 0.314. The van der Waals surface area contributed by atoms with E-state index in [2.05, 4.69) is 20.3 Å². The highest BCUT2D eigenvalue weighted by molar-refractivity contribution is 9.10. The van der Waals surface area contributed by atoms with Crippen LogP contribution in [-0.2, 0) is 11.4 Å². The maximum Gasteiger partial charge on any atom is 0.144 e. The van der Waals surface area contributed by atoms with E-state index < -0.39 is 16.1 Å².